The first kappa shape index (κ1) is 19.9. The predicted octanol–water partition coefficient (Wildman–Crippen LogP) is 3.96. The number of nitrogens with zero attached hydrogens (tertiary/aromatic N) is 4. The van der Waals surface area contributed by atoms with E-state index in [9.17, 15) is 8.78 Å². The fourth-order valence-corrected chi connectivity index (χ4v) is 2.73. The minimum absolute atomic E-state index is 0.0899. The third-order valence-electron chi connectivity index (χ3n) is 4.08. The van der Waals surface area contributed by atoms with Crippen LogP contribution in [0.3, 0.4) is 0 Å². The molecule has 0 saturated heterocycles. The highest BCUT2D eigenvalue weighted by molar-refractivity contribution is 6.20. The van der Waals surface area contributed by atoms with Crippen molar-refractivity contribution < 1.29 is 13.5 Å². The quantitative estimate of drug-likeness (QED) is 0.390. The molecule has 0 unspecified atom stereocenters. The lowest BCUT2D eigenvalue weighted by atomic mass is 9.99. The molecule has 2 aromatic carbocycles. The normalized spacial score (nSPS) is 12.6. The smallest absolute Gasteiger partial charge is 0.165 e. The summed E-state index contributed by atoms with van der Waals surface area (Å²) >= 11 is 0. The largest absolute Gasteiger partial charge is 0.494 e. The van der Waals surface area contributed by atoms with Gasteiger partial charge in [0.15, 0.2) is 11.6 Å². The molecular weight excluding hydrogens is 376 g/mol. The maximum absolute atomic E-state index is 14.5. The van der Waals surface area contributed by atoms with Crippen LogP contribution in [0, 0.1) is 11.6 Å². The number of nitrogens with two attached hydrogens (primary N) is 1. The van der Waals surface area contributed by atoms with E-state index in [2.05, 4.69) is 15.1 Å². The van der Waals surface area contributed by atoms with Gasteiger partial charge in [-0.2, -0.15) is 5.10 Å². The lowest BCUT2D eigenvalue weighted by Crippen LogP contribution is -1.99. The summed E-state index contributed by atoms with van der Waals surface area (Å²) in [6.07, 6.45) is 5.81. The van der Waals surface area contributed by atoms with Crippen molar-refractivity contribution >= 4 is 29.5 Å². The number of aryl methyl sites for hydroxylation is 1. The van der Waals surface area contributed by atoms with Crippen molar-refractivity contribution in [3.05, 3.63) is 77.6 Å². The molecule has 29 heavy (non-hydrogen) atoms. The van der Waals surface area contributed by atoms with Crippen molar-refractivity contribution in [2.45, 2.75) is 0 Å². The molecule has 1 heterocycles. The molecule has 0 bridgehead atoms. The monoisotopic (exact) mass is 395 g/mol. The predicted molar refractivity (Wildman–Crippen MR) is 110 cm³/mol. The van der Waals surface area contributed by atoms with Crippen molar-refractivity contribution in [1.82, 2.24) is 9.78 Å². The van der Waals surface area contributed by atoms with E-state index in [1.807, 2.05) is 0 Å². The number of ether oxygens (including phenoxy) is 1. The Morgan fingerprint density at radius 3 is 2.59 bits per heavy atom. The number of aliphatic imine (C=N–C) groups is 2. The van der Waals surface area contributed by atoms with Crippen molar-refractivity contribution in [2.24, 2.45) is 22.8 Å². The molecule has 2 N–H and O–H groups in total. The third kappa shape index (κ3) is 4.55. The highest BCUT2D eigenvalue weighted by Gasteiger charge is 2.15. The Kier molecular flexibility index (Phi) is 6.13. The van der Waals surface area contributed by atoms with Gasteiger partial charge in [0.2, 0.25) is 0 Å². The zero-order chi connectivity index (χ0) is 20.8. The molecule has 8 heteroatoms. The fourth-order valence-electron chi connectivity index (χ4n) is 2.73. The summed E-state index contributed by atoms with van der Waals surface area (Å²) in [5, 5.41) is 4.06. The van der Waals surface area contributed by atoms with Gasteiger partial charge in [0.1, 0.15) is 11.5 Å². The number of allylic oxidation sites excluding steroid dienone is 1. The second kappa shape index (κ2) is 8.92. The minimum Gasteiger partial charge on any atom is -0.494 e. The summed E-state index contributed by atoms with van der Waals surface area (Å²) in [7, 11) is 3.14. The summed E-state index contributed by atoms with van der Waals surface area (Å²) in [5.74, 6) is -0.969. The van der Waals surface area contributed by atoms with Gasteiger partial charge < -0.3 is 10.5 Å². The zero-order valence-corrected chi connectivity index (χ0v) is 15.9. The van der Waals surface area contributed by atoms with E-state index in [0.29, 0.717) is 16.8 Å². The summed E-state index contributed by atoms with van der Waals surface area (Å²) in [4.78, 5) is 8.53. The first-order chi connectivity index (χ1) is 14.0. The summed E-state index contributed by atoms with van der Waals surface area (Å²) in [6.45, 7) is 0. The first-order valence-corrected chi connectivity index (χ1v) is 8.63. The Morgan fingerprint density at radius 1 is 1.17 bits per heavy atom. The third-order valence-corrected chi connectivity index (χ3v) is 4.08. The van der Waals surface area contributed by atoms with Crippen LogP contribution < -0.4 is 10.5 Å². The van der Waals surface area contributed by atoms with Gasteiger partial charge in [-0.15, -0.1) is 0 Å². The van der Waals surface area contributed by atoms with Crippen molar-refractivity contribution in [3.8, 4) is 5.75 Å². The standard InChI is InChI=1S/C21H19F2N5O/c1-28-12-15(10-27-28)25-11-17(14-7-8-20(29-2)19(23)9-14)21(26-13-24)16-5-3-4-6-18(16)22/h3-13H,1-2H3,(H2,24,26)/b21-17+,25-11?. The molecular formula is C21H19F2N5O. The van der Waals surface area contributed by atoms with Crippen LogP contribution in [0.15, 0.2) is 64.8 Å². The van der Waals surface area contributed by atoms with E-state index >= 15 is 0 Å². The molecule has 0 saturated carbocycles. The highest BCUT2D eigenvalue weighted by atomic mass is 19.1. The molecule has 0 aliphatic heterocycles. The molecule has 3 aromatic rings. The van der Waals surface area contributed by atoms with Gasteiger partial charge in [0, 0.05) is 24.4 Å². The lowest BCUT2D eigenvalue weighted by molar-refractivity contribution is 0.386. The zero-order valence-electron chi connectivity index (χ0n) is 15.9. The van der Waals surface area contributed by atoms with Gasteiger partial charge >= 0.3 is 0 Å². The molecule has 0 radical (unpaired) electrons. The van der Waals surface area contributed by atoms with Crippen molar-refractivity contribution in [2.75, 3.05) is 7.11 Å². The van der Waals surface area contributed by atoms with Gasteiger partial charge in [0.25, 0.3) is 0 Å². The van der Waals surface area contributed by atoms with Crippen molar-refractivity contribution in [3.63, 3.8) is 0 Å². The molecule has 1 aromatic heterocycles. The first-order valence-electron chi connectivity index (χ1n) is 8.63. The lowest BCUT2D eigenvalue weighted by Gasteiger charge is -2.11. The number of hydrogen-bond acceptors (Lipinski definition) is 4. The number of benzene rings is 2. The highest BCUT2D eigenvalue weighted by Crippen LogP contribution is 2.30. The second-order valence-corrected chi connectivity index (χ2v) is 6.00. The van der Waals surface area contributed by atoms with Crippen LogP contribution in [-0.4, -0.2) is 29.4 Å². The van der Waals surface area contributed by atoms with Crippen LogP contribution in [0.25, 0.3) is 11.3 Å². The number of hydrogen-bond donors (Lipinski definition) is 1. The maximum atomic E-state index is 14.5. The molecule has 0 spiro atoms. The fraction of sp³-hybridized carbons (Fsp3) is 0.0952. The number of halogens is 2. The molecule has 6 nitrogen and oxygen atoms in total. The van der Waals surface area contributed by atoms with Gasteiger partial charge in [-0.25, -0.2) is 13.8 Å². The van der Waals surface area contributed by atoms with Crippen LogP contribution >= 0.6 is 0 Å². The molecule has 3 rings (SSSR count). The van der Waals surface area contributed by atoms with E-state index in [0.717, 1.165) is 6.34 Å². The van der Waals surface area contributed by atoms with Crippen LogP contribution in [0.1, 0.15) is 11.1 Å². The average Bonchev–Trinajstić information content (AvgIpc) is 3.13. The number of methoxy groups -OCH3 is 1. The summed E-state index contributed by atoms with van der Waals surface area (Å²) in [6, 6.07) is 10.5. The Balaban J connectivity index is 2.24. The van der Waals surface area contributed by atoms with E-state index in [4.69, 9.17) is 10.5 Å². The molecule has 0 aliphatic carbocycles. The molecule has 0 aliphatic rings. The van der Waals surface area contributed by atoms with Crippen LogP contribution in [0.5, 0.6) is 5.75 Å². The Bertz CT molecular complexity index is 1100. The van der Waals surface area contributed by atoms with E-state index in [1.54, 1.807) is 48.4 Å². The van der Waals surface area contributed by atoms with Gasteiger partial charge in [-0.3, -0.25) is 9.67 Å². The van der Waals surface area contributed by atoms with Crippen LogP contribution in [0.4, 0.5) is 14.5 Å². The Morgan fingerprint density at radius 2 is 1.97 bits per heavy atom. The SMILES string of the molecule is COc1ccc(/C(C=Nc2cnn(C)c2)=C(/N=CN)c2ccccc2F)cc1F. The maximum Gasteiger partial charge on any atom is 0.165 e. The van der Waals surface area contributed by atoms with E-state index in [1.165, 1.54) is 31.5 Å². The van der Waals surface area contributed by atoms with Gasteiger partial charge in [0.05, 0.1) is 31.5 Å². The summed E-state index contributed by atoms with van der Waals surface area (Å²) < 4.78 is 35.4. The van der Waals surface area contributed by atoms with Gasteiger partial charge in [-0.1, -0.05) is 18.2 Å². The van der Waals surface area contributed by atoms with Crippen LogP contribution in [-0.2, 0) is 7.05 Å². The summed E-state index contributed by atoms with van der Waals surface area (Å²) in [5.41, 5.74) is 7.32. The van der Waals surface area contributed by atoms with Crippen LogP contribution in [0.2, 0.25) is 0 Å². The molecule has 0 atom stereocenters. The average molecular weight is 395 g/mol. The topological polar surface area (TPSA) is 77.8 Å². The number of aromatic nitrogens is 2. The number of rotatable bonds is 6. The Labute approximate surface area is 166 Å². The van der Waals surface area contributed by atoms with Gasteiger partial charge in [-0.05, 0) is 29.8 Å². The Hall–Kier alpha value is -3.81. The molecule has 148 valence electrons. The van der Waals surface area contributed by atoms with E-state index in [-0.39, 0.29) is 17.0 Å². The molecule has 0 amide bonds. The van der Waals surface area contributed by atoms with Crippen molar-refractivity contribution in [1.29, 1.82) is 0 Å². The second-order valence-electron chi connectivity index (χ2n) is 6.00. The molecule has 0 fully saturated rings. The minimum atomic E-state index is -0.568. The van der Waals surface area contributed by atoms with E-state index < -0.39 is 11.6 Å².